The van der Waals surface area contributed by atoms with Crippen LogP contribution in [0.15, 0.2) is 0 Å². The van der Waals surface area contributed by atoms with Crippen LogP contribution in [0.25, 0.3) is 0 Å². The third-order valence-corrected chi connectivity index (χ3v) is 9.34. The molecule has 13 heteroatoms. The number of hydrogen-bond acceptors (Lipinski definition) is 7. The smallest absolute Gasteiger partial charge is 0.407 e. The van der Waals surface area contributed by atoms with Gasteiger partial charge in [0.25, 0.3) is 5.91 Å². The van der Waals surface area contributed by atoms with Gasteiger partial charge in [-0.05, 0) is 47.3 Å². The Morgan fingerprint density at radius 2 is 1.57 bits per heavy atom. The highest BCUT2D eigenvalue weighted by Crippen LogP contribution is 2.65. The summed E-state index contributed by atoms with van der Waals surface area (Å²) in [5, 5.41) is 11.0. The molecule has 3 rings (SSSR count). The van der Waals surface area contributed by atoms with Gasteiger partial charge in [0.2, 0.25) is 17.6 Å². The van der Waals surface area contributed by atoms with Crippen LogP contribution in [0.3, 0.4) is 0 Å². The average Bonchev–Trinajstić information content (AvgIpc) is 3.74. The molecule has 6 amide bonds. The number of urea groups is 1. The summed E-state index contributed by atoms with van der Waals surface area (Å²) in [6.07, 6.45) is 1.57. The first-order valence-corrected chi connectivity index (χ1v) is 15.6. The maximum absolute atomic E-state index is 14.2. The molecule has 0 aromatic heterocycles. The van der Waals surface area contributed by atoms with Gasteiger partial charge in [0, 0.05) is 13.1 Å². The number of rotatable bonds is 12. The molecule has 6 atom stereocenters. The van der Waals surface area contributed by atoms with Crippen molar-refractivity contribution < 1.29 is 33.5 Å². The highest BCUT2D eigenvalue weighted by Gasteiger charge is 2.70. The van der Waals surface area contributed by atoms with Crippen molar-refractivity contribution in [2.24, 2.45) is 39.7 Å². The van der Waals surface area contributed by atoms with Crippen molar-refractivity contribution in [2.45, 2.75) is 106 Å². The minimum atomic E-state index is -1.10. The third-order valence-electron chi connectivity index (χ3n) is 9.34. The van der Waals surface area contributed by atoms with Crippen molar-refractivity contribution in [1.29, 1.82) is 0 Å². The lowest BCUT2D eigenvalue weighted by atomic mass is 9.85. The van der Waals surface area contributed by atoms with Crippen LogP contribution >= 0.6 is 0 Å². The number of hydrogen-bond donors (Lipinski definition) is 5. The zero-order chi connectivity index (χ0) is 33.4. The fourth-order valence-electron chi connectivity index (χ4n) is 6.17. The number of likely N-dealkylation sites (tertiary alicyclic amines) is 1. The predicted octanol–water partition coefficient (Wildman–Crippen LogP) is 1.68. The van der Waals surface area contributed by atoms with Gasteiger partial charge < -0.3 is 36.6 Å². The van der Waals surface area contributed by atoms with Crippen molar-refractivity contribution in [3.05, 3.63) is 0 Å². The summed E-state index contributed by atoms with van der Waals surface area (Å²) in [7, 11) is 0. The Balaban J connectivity index is 1.79. The first-order chi connectivity index (χ1) is 20.2. The molecule has 248 valence electrons. The number of ether oxygens (including phenoxy) is 1. The number of Topliss-reactive ketones (excluding diaryl/α,β-unsaturated/α-hetero) is 1. The molecule has 3 aliphatic rings. The van der Waals surface area contributed by atoms with Crippen LogP contribution in [0.2, 0.25) is 0 Å². The number of carbonyl (C=O) groups is 6. The standard InChI is InChI=1S/C31H52N6O7/c1-10-33-28(43)44-15-19(29(2,3)4)35-27(42)36-23(30(5,6)7)26(41)37-14-17-20(31(17,8)9)21(37)25(40)34-18(13-16-11-12-16)22(38)24(32)39/h16-21,23H,10-15H2,1-9H3,(H2,32,39)(H,33,43)(H,34,40)(H2,35,36,42)/t17?,18?,19-,20+,21?,23-/m1/s1. The first-order valence-electron chi connectivity index (χ1n) is 15.6. The van der Waals surface area contributed by atoms with Crippen LogP contribution in [0, 0.1) is 34.0 Å². The van der Waals surface area contributed by atoms with E-state index >= 15 is 0 Å². The number of alkyl carbamates (subject to hydrolysis) is 1. The molecule has 44 heavy (non-hydrogen) atoms. The fraction of sp³-hybridized carbons (Fsp3) is 0.806. The number of carbonyl (C=O) groups excluding carboxylic acids is 6. The van der Waals surface area contributed by atoms with Gasteiger partial charge in [0.15, 0.2) is 0 Å². The maximum atomic E-state index is 14.2. The number of nitrogens with zero attached hydrogens (tertiary/aromatic N) is 1. The molecule has 0 radical (unpaired) electrons. The Morgan fingerprint density at radius 3 is 2.07 bits per heavy atom. The molecule has 0 bridgehead atoms. The van der Waals surface area contributed by atoms with Crippen molar-refractivity contribution in [3.8, 4) is 0 Å². The van der Waals surface area contributed by atoms with Crippen molar-refractivity contribution in [2.75, 3.05) is 19.7 Å². The van der Waals surface area contributed by atoms with E-state index in [2.05, 4.69) is 21.3 Å². The Hall–Kier alpha value is -3.38. The number of piperidine rings is 1. The minimum absolute atomic E-state index is 0.0713. The number of primary amides is 1. The normalized spacial score (nSPS) is 24.2. The van der Waals surface area contributed by atoms with Crippen LogP contribution in [-0.4, -0.2) is 84.4 Å². The van der Waals surface area contributed by atoms with E-state index in [0.717, 1.165) is 12.8 Å². The molecule has 3 fully saturated rings. The van der Waals surface area contributed by atoms with Crippen LogP contribution in [0.1, 0.15) is 81.6 Å². The molecule has 1 heterocycles. The van der Waals surface area contributed by atoms with Gasteiger partial charge in [-0.2, -0.15) is 0 Å². The zero-order valence-electron chi connectivity index (χ0n) is 27.7. The van der Waals surface area contributed by atoms with E-state index in [1.54, 1.807) is 6.92 Å². The summed E-state index contributed by atoms with van der Waals surface area (Å²) in [6.45, 7) is 17.7. The number of ketones is 1. The molecule has 3 unspecified atom stereocenters. The Bertz CT molecular complexity index is 1150. The lowest BCUT2D eigenvalue weighted by molar-refractivity contribution is -0.145. The zero-order valence-corrected chi connectivity index (χ0v) is 27.7. The fourth-order valence-corrected chi connectivity index (χ4v) is 6.17. The molecule has 6 N–H and O–H groups in total. The highest BCUT2D eigenvalue weighted by molar-refractivity contribution is 6.37. The summed E-state index contributed by atoms with van der Waals surface area (Å²) in [6, 6.07) is -4.08. The third kappa shape index (κ3) is 8.20. The van der Waals surface area contributed by atoms with Crippen molar-refractivity contribution in [3.63, 3.8) is 0 Å². The van der Waals surface area contributed by atoms with Crippen LogP contribution < -0.4 is 27.0 Å². The van der Waals surface area contributed by atoms with Crippen LogP contribution in [0.4, 0.5) is 9.59 Å². The van der Waals surface area contributed by atoms with E-state index in [-0.39, 0.29) is 29.8 Å². The molecule has 1 saturated heterocycles. The summed E-state index contributed by atoms with van der Waals surface area (Å²) < 4.78 is 5.28. The van der Waals surface area contributed by atoms with Gasteiger partial charge in [-0.15, -0.1) is 0 Å². The second-order valence-corrected chi connectivity index (χ2v) is 15.3. The summed E-state index contributed by atoms with van der Waals surface area (Å²) in [4.78, 5) is 79.0. The molecule has 1 aliphatic heterocycles. The predicted molar refractivity (Wildman–Crippen MR) is 163 cm³/mol. The monoisotopic (exact) mass is 620 g/mol. The van der Waals surface area contributed by atoms with E-state index in [4.69, 9.17) is 10.5 Å². The molecule has 0 aromatic carbocycles. The lowest BCUT2D eigenvalue weighted by Gasteiger charge is -2.38. The van der Waals surface area contributed by atoms with E-state index < -0.39 is 70.6 Å². The van der Waals surface area contributed by atoms with Crippen molar-refractivity contribution in [1.82, 2.24) is 26.2 Å². The Morgan fingerprint density at radius 1 is 0.955 bits per heavy atom. The molecule has 13 nitrogen and oxygen atoms in total. The second kappa shape index (κ2) is 12.9. The van der Waals surface area contributed by atoms with Gasteiger partial charge in [-0.3, -0.25) is 19.2 Å². The quantitative estimate of drug-likeness (QED) is 0.205. The van der Waals surface area contributed by atoms with Crippen LogP contribution in [0.5, 0.6) is 0 Å². The summed E-state index contributed by atoms with van der Waals surface area (Å²) in [5.74, 6) is -2.68. The van der Waals surface area contributed by atoms with Gasteiger partial charge in [-0.25, -0.2) is 9.59 Å². The van der Waals surface area contributed by atoms with E-state index in [0.29, 0.717) is 19.5 Å². The lowest BCUT2D eigenvalue weighted by Crippen LogP contribution is -2.62. The average molecular weight is 621 g/mol. The number of fused-ring (bicyclic) bond motifs is 1. The second-order valence-electron chi connectivity index (χ2n) is 15.3. The molecular formula is C31H52N6O7. The van der Waals surface area contributed by atoms with Gasteiger partial charge in [0.1, 0.15) is 18.7 Å². The number of amides is 6. The topological polar surface area (TPSA) is 189 Å². The SMILES string of the molecule is CCNC(=O)OC[C@@H](NC(=O)N[C@H](C(=O)N1CC2[C@@H](C1C(=O)NC(CC1CC1)C(=O)C(N)=O)C2(C)C)C(C)(C)C)C(C)(C)C. The van der Waals surface area contributed by atoms with Gasteiger partial charge in [0.05, 0.1) is 12.1 Å². The first kappa shape index (κ1) is 35.1. The van der Waals surface area contributed by atoms with Crippen LogP contribution in [-0.2, 0) is 23.9 Å². The van der Waals surface area contributed by atoms with E-state index in [9.17, 15) is 28.8 Å². The van der Waals surface area contributed by atoms with E-state index in [1.807, 2.05) is 55.4 Å². The molecule has 2 aliphatic carbocycles. The number of nitrogens with two attached hydrogens (primary N) is 1. The summed E-state index contributed by atoms with van der Waals surface area (Å²) >= 11 is 0. The van der Waals surface area contributed by atoms with Crippen molar-refractivity contribution >= 4 is 35.6 Å². The minimum Gasteiger partial charge on any atom is -0.447 e. The maximum Gasteiger partial charge on any atom is 0.407 e. The molecular weight excluding hydrogens is 568 g/mol. The molecule has 0 spiro atoms. The van der Waals surface area contributed by atoms with Gasteiger partial charge in [-0.1, -0.05) is 68.2 Å². The van der Waals surface area contributed by atoms with Gasteiger partial charge >= 0.3 is 12.1 Å². The Labute approximate surface area is 260 Å². The number of nitrogens with one attached hydrogen (secondary N) is 4. The molecule has 0 aromatic rings. The summed E-state index contributed by atoms with van der Waals surface area (Å²) in [5.41, 5.74) is 3.88. The highest BCUT2D eigenvalue weighted by atomic mass is 16.5. The molecule has 2 saturated carbocycles. The largest absolute Gasteiger partial charge is 0.447 e. The van der Waals surface area contributed by atoms with E-state index in [1.165, 1.54) is 4.90 Å². The Kier molecular flexibility index (Phi) is 10.3.